The number of rotatable bonds is 6. The highest BCUT2D eigenvalue weighted by Crippen LogP contribution is 2.44. The third kappa shape index (κ3) is 3.58. The summed E-state index contributed by atoms with van der Waals surface area (Å²) >= 11 is 0. The Hall–Kier alpha value is -2.79. The molecule has 0 saturated carbocycles. The van der Waals surface area contributed by atoms with Crippen molar-refractivity contribution in [2.75, 3.05) is 20.8 Å². The Labute approximate surface area is 189 Å². The van der Waals surface area contributed by atoms with Gasteiger partial charge in [0.1, 0.15) is 5.75 Å². The van der Waals surface area contributed by atoms with Gasteiger partial charge >= 0.3 is 5.97 Å². The predicted octanol–water partition coefficient (Wildman–Crippen LogP) is 5.63. The first-order valence-electron chi connectivity index (χ1n) is 11.7. The molecule has 1 fully saturated rings. The van der Waals surface area contributed by atoms with E-state index in [9.17, 15) is 4.79 Å². The number of ether oxygens (including phenoxy) is 3. The molecule has 0 N–H and O–H groups in total. The normalized spacial score (nSPS) is 17.9. The number of hydrogen-bond donors (Lipinski definition) is 0. The van der Waals surface area contributed by atoms with Gasteiger partial charge in [0, 0.05) is 19.0 Å². The SMILES string of the molecule is CCCCC(=O)Oc1ccc2c3c(c4cc(OC)c(OC)cc4c2c1)CN1CCC[C@H]1C3. The standard InChI is InChI=1S/C27H31NO4/c1-4-5-8-27(29)32-18-9-10-19-20-12-17-7-6-11-28(17)16-24(20)23-15-26(31-3)25(30-2)14-22(23)21(19)13-18/h9-10,13-15,17H,4-8,11-12,16H2,1-3H3/t17-/m0/s1. The number of hydrogen-bond acceptors (Lipinski definition) is 5. The molecule has 5 rings (SSSR count). The first kappa shape index (κ1) is 21.1. The molecule has 0 radical (unpaired) electrons. The van der Waals surface area contributed by atoms with Gasteiger partial charge in [0.15, 0.2) is 11.5 Å². The van der Waals surface area contributed by atoms with E-state index in [-0.39, 0.29) is 5.97 Å². The molecule has 0 unspecified atom stereocenters. The maximum absolute atomic E-state index is 12.2. The second kappa shape index (κ2) is 8.62. The molecule has 5 heteroatoms. The van der Waals surface area contributed by atoms with E-state index in [0.29, 0.717) is 24.0 Å². The molecule has 3 aromatic carbocycles. The zero-order valence-corrected chi connectivity index (χ0v) is 19.2. The first-order chi connectivity index (χ1) is 15.6. The first-order valence-corrected chi connectivity index (χ1v) is 11.7. The number of carbonyl (C=O) groups excluding carboxylic acids is 1. The van der Waals surface area contributed by atoms with Crippen LogP contribution in [-0.2, 0) is 17.8 Å². The van der Waals surface area contributed by atoms with Crippen LogP contribution in [0, 0.1) is 0 Å². The monoisotopic (exact) mass is 433 g/mol. The van der Waals surface area contributed by atoms with Gasteiger partial charge < -0.3 is 14.2 Å². The number of carbonyl (C=O) groups is 1. The smallest absolute Gasteiger partial charge is 0.311 e. The lowest BCUT2D eigenvalue weighted by atomic mass is 9.85. The molecule has 0 aliphatic carbocycles. The highest BCUT2D eigenvalue weighted by Gasteiger charge is 2.32. The van der Waals surface area contributed by atoms with E-state index >= 15 is 0 Å². The number of fused-ring (bicyclic) bond motifs is 7. The van der Waals surface area contributed by atoms with Gasteiger partial charge in [-0.25, -0.2) is 0 Å². The molecule has 0 aromatic heterocycles. The van der Waals surface area contributed by atoms with Gasteiger partial charge in [0.05, 0.1) is 14.2 Å². The van der Waals surface area contributed by atoms with Gasteiger partial charge in [-0.05, 0) is 89.2 Å². The Balaban J connectivity index is 1.71. The number of esters is 1. The lowest BCUT2D eigenvalue weighted by molar-refractivity contribution is -0.134. The fourth-order valence-corrected chi connectivity index (χ4v) is 5.44. The second-order valence-corrected chi connectivity index (χ2v) is 8.97. The van der Waals surface area contributed by atoms with E-state index < -0.39 is 0 Å². The van der Waals surface area contributed by atoms with Crippen LogP contribution in [0.3, 0.4) is 0 Å². The van der Waals surface area contributed by atoms with Gasteiger partial charge in [0.2, 0.25) is 0 Å². The highest BCUT2D eigenvalue weighted by molar-refractivity contribution is 6.12. The third-order valence-electron chi connectivity index (χ3n) is 7.09. The van der Waals surface area contributed by atoms with Crippen LogP contribution in [0.4, 0.5) is 0 Å². The number of methoxy groups -OCH3 is 2. The van der Waals surface area contributed by atoms with Crippen LogP contribution >= 0.6 is 0 Å². The van der Waals surface area contributed by atoms with Crippen LogP contribution in [0.25, 0.3) is 21.5 Å². The molecule has 0 bridgehead atoms. The van der Waals surface area contributed by atoms with Crippen LogP contribution in [0.1, 0.15) is 50.2 Å². The Morgan fingerprint density at radius 2 is 1.75 bits per heavy atom. The molecule has 2 aliphatic rings. The quantitative estimate of drug-likeness (QED) is 0.287. The number of benzene rings is 3. The summed E-state index contributed by atoms with van der Waals surface area (Å²) in [7, 11) is 3.35. The molecule has 1 atom stereocenters. The maximum atomic E-state index is 12.2. The lowest BCUT2D eigenvalue weighted by Gasteiger charge is -2.33. The summed E-state index contributed by atoms with van der Waals surface area (Å²) in [5, 5.41) is 4.66. The summed E-state index contributed by atoms with van der Waals surface area (Å²) in [5.74, 6) is 1.89. The van der Waals surface area contributed by atoms with Crippen molar-refractivity contribution in [3.05, 3.63) is 41.5 Å². The molecule has 168 valence electrons. The van der Waals surface area contributed by atoms with Crippen molar-refractivity contribution in [3.8, 4) is 17.2 Å². The molecule has 0 amide bonds. The third-order valence-corrected chi connectivity index (χ3v) is 7.09. The average Bonchev–Trinajstić information content (AvgIpc) is 3.28. The van der Waals surface area contributed by atoms with Gasteiger partial charge in [-0.3, -0.25) is 9.69 Å². The highest BCUT2D eigenvalue weighted by atomic mass is 16.5. The van der Waals surface area contributed by atoms with E-state index in [2.05, 4.69) is 30.0 Å². The summed E-state index contributed by atoms with van der Waals surface area (Å²) < 4.78 is 17.0. The Morgan fingerprint density at radius 1 is 1.00 bits per heavy atom. The Morgan fingerprint density at radius 3 is 2.50 bits per heavy atom. The molecule has 3 aromatic rings. The van der Waals surface area contributed by atoms with Gasteiger partial charge in [-0.1, -0.05) is 19.4 Å². The van der Waals surface area contributed by atoms with Crippen LogP contribution in [-0.4, -0.2) is 37.7 Å². The summed E-state index contributed by atoms with van der Waals surface area (Å²) in [5.41, 5.74) is 2.81. The van der Waals surface area contributed by atoms with E-state index in [1.54, 1.807) is 14.2 Å². The van der Waals surface area contributed by atoms with E-state index in [0.717, 1.165) is 42.3 Å². The minimum absolute atomic E-state index is 0.172. The van der Waals surface area contributed by atoms with Crippen molar-refractivity contribution in [2.45, 2.75) is 58.0 Å². The topological polar surface area (TPSA) is 48.0 Å². The number of unbranched alkanes of at least 4 members (excludes halogenated alkanes) is 1. The average molecular weight is 434 g/mol. The van der Waals surface area contributed by atoms with Gasteiger partial charge in [-0.15, -0.1) is 0 Å². The van der Waals surface area contributed by atoms with Crippen molar-refractivity contribution >= 4 is 27.5 Å². The lowest BCUT2D eigenvalue weighted by Crippen LogP contribution is -2.35. The van der Waals surface area contributed by atoms with Crippen LogP contribution in [0.2, 0.25) is 0 Å². The predicted molar refractivity (Wildman–Crippen MR) is 127 cm³/mol. The van der Waals surface area contributed by atoms with Crippen molar-refractivity contribution in [1.82, 2.24) is 4.90 Å². The number of nitrogens with zero attached hydrogens (tertiary/aromatic N) is 1. The minimum atomic E-state index is -0.172. The summed E-state index contributed by atoms with van der Waals surface area (Å²) in [6.07, 6.45) is 5.86. The van der Waals surface area contributed by atoms with E-state index in [1.807, 2.05) is 12.1 Å². The zero-order valence-electron chi connectivity index (χ0n) is 19.2. The minimum Gasteiger partial charge on any atom is -0.493 e. The molecule has 5 nitrogen and oxygen atoms in total. The molecule has 2 aliphatic heterocycles. The summed E-state index contributed by atoms with van der Waals surface area (Å²) in [6, 6.07) is 10.9. The van der Waals surface area contributed by atoms with Crippen molar-refractivity contribution < 1.29 is 19.0 Å². The molecule has 2 heterocycles. The van der Waals surface area contributed by atoms with E-state index in [1.165, 1.54) is 41.3 Å². The maximum Gasteiger partial charge on any atom is 0.311 e. The molecule has 1 saturated heterocycles. The largest absolute Gasteiger partial charge is 0.493 e. The van der Waals surface area contributed by atoms with Crippen molar-refractivity contribution in [3.63, 3.8) is 0 Å². The van der Waals surface area contributed by atoms with Crippen molar-refractivity contribution in [2.24, 2.45) is 0 Å². The second-order valence-electron chi connectivity index (χ2n) is 8.97. The molecular weight excluding hydrogens is 402 g/mol. The van der Waals surface area contributed by atoms with Crippen LogP contribution in [0.5, 0.6) is 17.2 Å². The summed E-state index contributed by atoms with van der Waals surface area (Å²) in [6.45, 7) is 4.21. The fraction of sp³-hybridized carbons (Fsp3) is 0.444. The molecule has 0 spiro atoms. The Bertz CT molecular complexity index is 1190. The Kier molecular flexibility index (Phi) is 5.68. The molecular formula is C27H31NO4. The van der Waals surface area contributed by atoms with Crippen molar-refractivity contribution in [1.29, 1.82) is 0 Å². The fourth-order valence-electron chi connectivity index (χ4n) is 5.44. The van der Waals surface area contributed by atoms with Gasteiger partial charge in [-0.2, -0.15) is 0 Å². The van der Waals surface area contributed by atoms with Crippen LogP contribution in [0.15, 0.2) is 30.3 Å². The summed E-state index contributed by atoms with van der Waals surface area (Å²) in [4.78, 5) is 14.9. The van der Waals surface area contributed by atoms with Crippen LogP contribution < -0.4 is 14.2 Å². The van der Waals surface area contributed by atoms with E-state index in [4.69, 9.17) is 14.2 Å². The molecule has 32 heavy (non-hydrogen) atoms. The zero-order chi connectivity index (χ0) is 22.2. The van der Waals surface area contributed by atoms with Gasteiger partial charge in [0.25, 0.3) is 0 Å².